The molecule has 0 fully saturated rings. The number of methoxy groups -OCH3 is 1. The Morgan fingerprint density at radius 1 is 1.17 bits per heavy atom. The molecule has 0 radical (unpaired) electrons. The predicted octanol–water partition coefficient (Wildman–Crippen LogP) is 2.84. The third-order valence-corrected chi connectivity index (χ3v) is 7.80. The summed E-state index contributed by atoms with van der Waals surface area (Å²) in [6.45, 7) is 5.13. The Kier molecular flexibility index (Phi) is 6.50. The van der Waals surface area contributed by atoms with E-state index in [4.69, 9.17) is 14.6 Å². The lowest BCUT2D eigenvalue weighted by Gasteiger charge is -2.36. The molecule has 2 aromatic rings. The fourth-order valence-electron chi connectivity index (χ4n) is 4.02. The minimum absolute atomic E-state index is 0.00704. The van der Waals surface area contributed by atoms with Gasteiger partial charge in [0.2, 0.25) is 10.0 Å². The summed E-state index contributed by atoms with van der Waals surface area (Å²) in [6, 6.07) is 8.94. The van der Waals surface area contributed by atoms with Crippen molar-refractivity contribution >= 4 is 16.0 Å². The van der Waals surface area contributed by atoms with Crippen LogP contribution in [0.1, 0.15) is 27.8 Å². The molecule has 1 aliphatic rings. The van der Waals surface area contributed by atoms with Gasteiger partial charge in [0.15, 0.2) is 0 Å². The van der Waals surface area contributed by atoms with Crippen molar-refractivity contribution in [3.05, 3.63) is 58.1 Å². The molecule has 7 nitrogen and oxygen atoms in total. The van der Waals surface area contributed by atoms with Crippen molar-refractivity contribution in [1.29, 1.82) is 0 Å². The number of carboxylic acids is 1. The first kappa shape index (κ1) is 22.3. The van der Waals surface area contributed by atoms with Crippen molar-refractivity contribution in [3.63, 3.8) is 0 Å². The van der Waals surface area contributed by atoms with Crippen molar-refractivity contribution in [2.75, 3.05) is 20.3 Å². The SMILES string of the molecule is COc1cc(C)c(S(=O)(=O)N2Cc3ccccc3CC2COCC(=O)O)c(C)c1C. The number of carbonyl (C=O) groups is 1. The molecule has 1 unspecified atom stereocenters. The fourth-order valence-corrected chi connectivity index (χ4v) is 6.09. The Morgan fingerprint density at radius 3 is 2.47 bits per heavy atom. The van der Waals surface area contributed by atoms with Crippen LogP contribution in [0.15, 0.2) is 35.2 Å². The summed E-state index contributed by atoms with van der Waals surface area (Å²) in [7, 11) is -2.30. The molecular weight excluding hydrogens is 406 g/mol. The quantitative estimate of drug-likeness (QED) is 0.722. The molecule has 2 aromatic carbocycles. The van der Waals surface area contributed by atoms with Gasteiger partial charge in [-0.15, -0.1) is 0 Å². The molecule has 30 heavy (non-hydrogen) atoms. The van der Waals surface area contributed by atoms with Gasteiger partial charge in [0.1, 0.15) is 12.4 Å². The van der Waals surface area contributed by atoms with Gasteiger partial charge in [0.05, 0.1) is 24.7 Å². The highest BCUT2D eigenvalue weighted by Crippen LogP contribution is 2.35. The number of rotatable bonds is 7. The Labute approximate surface area is 177 Å². The van der Waals surface area contributed by atoms with Gasteiger partial charge in [-0.05, 0) is 61.1 Å². The van der Waals surface area contributed by atoms with E-state index in [1.54, 1.807) is 27.0 Å². The van der Waals surface area contributed by atoms with Crippen molar-refractivity contribution < 1.29 is 27.8 Å². The molecule has 1 heterocycles. The highest BCUT2D eigenvalue weighted by molar-refractivity contribution is 7.89. The Hall–Kier alpha value is -2.42. The highest BCUT2D eigenvalue weighted by atomic mass is 32.2. The number of hydrogen-bond donors (Lipinski definition) is 1. The number of aryl methyl sites for hydroxylation is 1. The van der Waals surface area contributed by atoms with Crippen LogP contribution in [-0.2, 0) is 32.5 Å². The van der Waals surface area contributed by atoms with Crippen LogP contribution in [0.5, 0.6) is 5.75 Å². The van der Waals surface area contributed by atoms with Gasteiger partial charge in [0.25, 0.3) is 0 Å². The van der Waals surface area contributed by atoms with E-state index in [1.807, 2.05) is 31.2 Å². The van der Waals surface area contributed by atoms with E-state index in [0.29, 0.717) is 23.3 Å². The number of hydrogen-bond acceptors (Lipinski definition) is 5. The lowest BCUT2D eigenvalue weighted by molar-refractivity contribution is -0.142. The van der Waals surface area contributed by atoms with Gasteiger partial charge in [0, 0.05) is 6.54 Å². The topological polar surface area (TPSA) is 93.1 Å². The van der Waals surface area contributed by atoms with Crippen LogP contribution in [0.3, 0.4) is 0 Å². The molecule has 8 heteroatoms. The zero-order valence-corrected chi connectivity index (χ0v) is 18.5. The average Bonchev–Trinajstić information content (AvgIpc) is 2.69. The molecular formula is C22H27NO6S. The molecule has 0 bridgehead atoms. The lowest BCUT2D eigenvalue weighted by atomic mass is 9.96. The summed E-state index contributed by atoms with van der Waals surface area (Å²) in [6.07, 6.45) is 0.461. The number of carboxylic acid groups (broad SMARTS) is 1. The average molecular weight is 434 g/mol. The number of ether oxygens (including phenoxy) is 2. The van der Waals surface area contributed by atoms with Crippen molar-refractivity contribution in [1.82, 2.24) is 4.31 Å². The lowest BCUT2D eigenvalue weighted by Crippen LogP contribution is -2.47. The predicted molar refractivity (Wildman–Crippen MR) is 112 cm³/mol. The standard InChI is InChI=1S/C22H27NO6S/c1-14-9-20(28-4)15(2)16(3)22(14)30(26,27)23-11-18-8-6-5-7-17(18)10-19(23)12-29-13-21(24)25/h5-9,19H,10-13H2,1-4H3,(H,24,25). The Bertz CT molecular complexity index is 1060. The van der Waals surface area contributed by atoms with Crippen LogP contribution >= 0.6 is 0 Å². The molecule has 3 rings (SSSR count). The van der Waals surface area contributed by atoms with E-state index in [-0.39, 0.29) is 18.0 Å². The maximum atomic E-state index is 13.8. The zero-order chi connectivity index (χ0) is 22.1. The molecule has 0 saturated heterocycles. The summed E-state index contributed by atoms with van der Waals surface area (Å²) in [5, 5.41) is 8.89. The van der Waals surface area contributed by atoms with Crippen LogP contribution in [0, 0.1) is 20.8 Å². The third-order valence-electron chi connectivity index (χ3n) is 5.61. The Morgan fingerprint density at radius 2 is 1.83 bits per heavy atom. The molecule has 0 spiro atoms. The van der Waals surface area contributed by atoms with E-state index in [9.17, 15) is 13.2 Å². The second kappa shape index (κ2) is 8.75. The number of nitrogens with zero attached hydrogens (tertiary/aromatic N) is 1. The monoisotopic (exact) mass is 433 g/mol. The highest BCUT2D eigenvalue weighted by Gasteiger charge is 2.38. The molecule has 0 aliphatic carbocycles. The normalized spacial score (nSPS) is 16.9. The number of fused-ring (bicyclic) bond motifs is 1. The molecule has 0 aromatic heterocycles. The van der Waals surface area contributed by atoms with Gasteiger partial charge in [-0.3, -0.25) is 0 Å². The summed E-state index contributed by atoms with van der Waals surface area (Å²) in [4.78, 5) is 11.1. The molecule has 1 aliphatic heterocycles. The first-order valence-corrected chi connectivity index (χ1v) is 11.1. The molecule has 1 N–H and O–H groups in total. The number of sulfonamides is 1. The summed E-state index contributed by atoms with van der Waals surface area (Å²) in [5.41, 5.74) is 4.02. The maximum Gasteiger partial charge on any atom is 0.329 e. The van der Waals surface area contributed by atoms with E-state index >= 15 is 0 Å². The number of aliphatic carboxylic acids is 1. The summed E-state index contributed by atoms with van der Waals surface area (Å²) >= 11 is 0. The minimum Gasteiger partial charge on any atom is -0.496 e. The maximum absolute atomic E-state index is 13.8. The largest absolute Gasteiger partial charge is 0.496 e. The Balaban J connectivity index is 2.05. The third kappa shape index (κ3) is 4.21. The van der Waals surface area contributed by atoms with E-state index in [0.717, 1.165) is 16.7 Å². The summed E-state index contributed by atoms with van der Waals surface area (Å²) < 4.78 is 39.8. The summed E-state index contributed by atoms with van der Waals surface area (Å²) in [5.74, 6) is -0.438. The molecule has 1 atom stereocenters. The van der Waals surface area contributed by atoms with Crippen molar-refractivity contribution in [3.8, 4) is 5.75 Å². The minimum atomic E-state index is -3.86. The number of benzene rings is 2. The van der Waals surface area contributed by atoms with Crippen molar-refractivity contribution in [2.45, 2.75) is 44.7 Å². The van der Waals surface area contributed by atoms with Gasteiger partial charge in [-0.2, -0.15) is 4.31 Å². The van der Waals surface area contributed by atoms with Crippen LogP contribution in [-0.4, -0.2) is 50.2 Å². The van der Waals surface area contributed by atoms with Crippen LogP contribution in [0.25, 0.3) is 0 Å². The van der Waals surface area contributed by atoms with E-state index in [1.165, 1.54) is 4.31 Å². The van der Waals surface area contributed by atoms with Crippen LogP contribution < -0.4 is 4.74 Å². The first-order valence-electron chi connectivity index (χ1n) is 9.69. The van der Waals surface area contributed by atoms with Gasteiger partial charge in [-0.25, -0.2) is 13.2 Å². The second-order valence-electron chi connectivity index (χ2n) is 7.56. The van der Waals surface area contributed by atoms with Crippen LogP contribution in [0.4, 0.5) is 0 Å². The van der Waals surface area contributed by atoms with E-state index in [2.05, 4.69) is 0 Å². The van der Waals surface area contributed by atoms with Gasteiger partial charge < -0.3 is 14.6 Å². The smallest absolute Gasteiger partial charge is 0.329 e. The first-order chi connectivity index (χ1) is 14.2. The van der Waals surface area contributed by atoms with Gasteiger partial charge >= 0.3 is 5.97 Å². The second-order valence-corrected chi connectivity index (χ2v) is 9.39. The fraction of sp³-hybridized carbons (Fsp3) is 0.409. The molecule has 0 saturated carbocycles. The van der Waals surface area contributed by atoms with Crippen molar-refractivity contribution in [2.24, 2.45) is 0 Å². The van der Waals surface area contributed by atoms with Crippen LogP contribution in [0.2, 0.25) is 0 Å². The molecule has 162 valence electrons. The zero-order valence-electron chi connectivity index (χ0n) is 17.6. The molecule has 0 amide bonds. The van der Waals surface area contributed by atoms with E-state index < -0.39 is 28.6 Å². The van der Waals surface area contributed by atoms with Gasteiger partial charge in [-0.1, -0.05) is 24.3 Å².